The van der Waals surface area contributed by atoms with Crippen LogP contribution in [0, 0.1) is 0 Å². The minimum Gasteiger partial charge on any atom is -0.508 e. The van der Waals surface area contributed by atoms with Crippen molar-refractivity contribution in [2.45, 2.75) is 6.54 Å². The number of likely N-dealkylation sites (N-methyl/N-ethyl adjacent to an activating group) is 1. The van der Waals surface area contributed by atoms with Crippen LogP contribution in [0.15, 0.2) is 18.2 Å². The fourth-order valence-corrected chi connectivity index (χ4v) is 1.74. The van der Waals surface area contributed by atoms with Gasteiger partial charge in [0.2, 0.25) is 0 Å². The topological polar surface area (TPSA) is 44.7 Å². The van der Waals surface area contributed by atoms with E-state index in [1.54, 1.807) is 25.3 Å². The smallest absolute Gasteiger partial charge is 0.120 e. The maximum Gasteiger partial charge on any atom is 0.120 e. The molecule has 0 aliphatic heterocycles. The van der Waals surface area contributed by atoms with Gasteiger partial charge in [0.25, 0.3) is 0 Å². The van der Waals surface area contributed by atoms with Crippen LogP contribution in [0.25, 0.3) is 0 Å². The summed E-state index contributed by atoms with van der Waals surface area (Å²) in [6, 6.07) is 5.07. The number of aromatic hydroxyl groups is 1. The van der Waals surface area contributed by atoms with Crippen molar-refractivity contribution in [3.05, 3.63) is 28.8 Å². The van der Waals surface area contributed by atoms with Crippen molar-refractivity contribution in [3.8, 4) is 5.75 Å². The molecule has 0 unspecified atom stereocenters. The van der Waals surface area contributed by atoms with Crippen LogP contribution in [-0.2, 0) is 11.3 Å². The molecule has 1 aromatic rings. The van der Waals surface area contributed by atoms with Gasteiger partial charge in [0.05, 0.1) is 6.61 Å². The molecular weight excluding hydrogens is 252 g/mol. The van der Waals surface area contributed by atoms with Crippen LogP contribution in [0.1, 0.15) is 5.56 Å². The van der Waals surface area contributed by atoms with Gasteiger partial charge < -0.3 is 20.1 Å². The summed E-state index contributed by atoms with van der Waals surface area (Å²) in [5.41, 5.74) is 0.821. The number of hydrogen-bond donors (Lipinski definition) is 2. The number of halogens is 1. The van der Waals surface area contributed by atoms with E-state index < -0.39 is 0 Å². The molecule has 102 valence electrons. The molecule has 0 aliphatic carbocycles. The van der Waals surface area contributed by atoms with Crippen LogP contribution < -0.4 is 5.32 Å². The second-order valence-corrected chi connectivity index (χ2v) is 4.68. The van der Waals surface area contributed by atoms with Gasteiger partial charge in [-0.1, -0.05) is 11.6 Å². The molecule has 0 aromatic heterocycles. The number of hydrogen-bond acceptors (Lipinski definition) is 4. The number of nitrogens with one attached hydrogen (secondary N) is 1. The minimum atomic E-state index is 0.277. The van der Waals surface area contributed by atoms with Gasteiger partial charge in [0, 0.05) is 43.9 Å². The van der Waals surface area contributed by atoms with E-state index in [-0.39, 0.29) is 5.75 Å². The Morgan fingerprint density at radius 3 is 2.89 bits per heavy atom. The van der Waals surface area contributed by atoms with E-state index in [0.717, 1.165) is 31.8 Å². The Labute approximate surface area is 114 Å². The maximum atomic E-state index is 9.63. The van der Waals surface area contributed by atoms with Crippen LogP contribution >= 0.6 is 11.6 Å². The summed E-state index contributed by atoms with van der Waals surface area (Å²) in [4.78, 5) is 2.19. The molecule has 1 aromatic carbocycles. The van der Waals surface area contributed by atoms with E-state index in [0.29, 0.717) is 11.6 Å². The molecule has 0 radical (unpaired) electrons. The van der Waals surface area contributed by atoms with Crippen molar-refractivity contribution in [2.75, 3.05) is 40.4 Å². The molecule has 5 heteroatoms. The van der Waals surface area contributed by atoms with Gasteiger partial charge in [-0.2, -0.15) is 0 Å². The molecule has 0 bridgehead atoms. The fraction of sp³-hybridized carbons (Fsp3) is 0.538. The predicted molar refractivity (Wildman–Crippen MR) is 74.2 cm³/mol. The van der Waals surface area contributed by atoms with E-state index >= 15 is 0 Å². The summed E-state index contributed by atoms with van der Waals surface area (Å²) in [5.74, 6) is 0.277. The zero-order valence-corrected chi connectivity index (χ0v) is 11.7. The molecule has 0 saturated heterocycles. The average Bonchev–Trinajstić information content (AvgIpc) is 2.36. The first-order chi connectivity index (χ1) is 8.63. The molecule has 4 nitrogen and oxygen atoms in total. The van der Waals surface area contributed by atoms with Crippen molar-refractivity contribution in [2.24, 2.45) is 0 Å². The lowest BCUT2D eigenvalue weighted by Gasteiger charge is -2.16. The second kappa shape index (κ2) is 8.32. The number of ether oxygens (including phenoxy) is 1. The zero-order valence-electron chi connectivity index (χ0n) is 10.9. The van der Waals surface area contributed by atoms with Gasteiger partial charge in [0.1, 0.15) is 5.75 Å². The van der Waals surface area contributed by atoms with Gasteiger partial charge in [-0.25, -0.2) is 0 Å². The summed E-state index contributed by atoms with van der Waals surface area (Å²) < 4.78 is 5.01. The van der Waals surface area contributed by atoms with Crippen LogP contribution in [0.5, 0.6) is 5.75 Å². The monoisotopic (exact) mass is 272 g/mol. The number of rotatable bonds is 8. The van der Waals surface area contributed by atoms with Crippen LogP contribution in [0.4, 0.5) is 0 Å². The number of phenolic OH excluding ortho intramolecular Hbond substituents is 1. The highest BCUT2D eigenvalue weighted by Gasteiger charge is 2.02. The highest BCUT2D eigenvalue weighted by atomic mass is 35.5. The lowest BCUT2D eigenvalue weighted by Crippen LogP contribution is -2.31. The Kier molecular flexibility index (Phi) is 7.05. The number of benzene rings is 1. The van der Waals surface area contributed by atoms with E-state index in [4.69, 9.17) is 16.3 Å². The third kappa shape index (κ3) is 5.69. The summed E-state index contributed by atoms with van der Waals surface area (Å²) >= 11 is 5.88. The summed E-state index contributed by atoms with van der Waals surface area (Å²) in [5, 5.41) is 13.6. The molecule has 0 fully saturated rings. The molecule has 1 rings (SSSR count). The number of phenols is 1. The first-order valence-electron chi connectivity index (χ1n) is 5.99. The maximum absolute atomic E-state index is 9.63. The first-order valence-corrected chi connectivity index (χ1v) is 6.37. The van der Waals surface area contributed by atoms with Crippen molar-refractivity contribution < 1.29 is 9.84 Å². The standard InChI is InChI=1S/C13H21ClN2O2/c1-16(7-8-18-2)6-5-15-10-11-9-12(14)3-4-13(11)17/h3-4,9,15,17H,5-8,10H2,1-2H3. The number of nitrogens with zero attached hydrogens (tertiary/aromatic N) is 1. The zero-order chi connectivity index (χ0) is 13.4. The Morgan fingerprint density at radius 1 is 1.39 bits per heavy atom. The number of methoxy groups -OCH3 is 1. The second-order valence-electron chi connectivity index (χ2n) is 4.25. The molecule has 0 amide bonds. The third-order valence-corrected chi connectivity index (χ3v) is 2.94. The Morgan fingerprint density at radius 2 is 2.17 bits per heavy atom. The quantitative estimate of drug-likeness (QED) is 0.708. The first kappa shape index (κ1) is 15.2. The SMILES string of the molecule is COCCN(C)CCNCc1cc(Cl)ccc1O. The van der Waals surface area contributed by atoms with Gasteiger partial charge in [-0.05, 0) is 25.2 Å². The summed E-state index contributed by atoms with van der Waals surface area (Å²) in [7, 11) is 3.76. The highest BCUT2D eigenvalue weighted by Crippen LogP contribution is 2.20. The van der Waals surface area contributed by atoms with Gasteiger partial charge in [-0.3, -0.25) is 0 Å². The van der Waals surface area contributed by atoms with Crippen molar-refractivity contribution in [3.63, 3.8) is 0 Å². The highest BCUT2D eigenvalue weighted by molar-refractivity contribution is 6.30. The molecule has 18 heavy (non-hydrogen) atoms. The predicted octanol–water partition coefficient (Wildman–Crippen LogP) is 1.71. The third-order valence-electron chi connectivity index (χ3n) is 2.70. The molecule has 0 heterocycles. The Balaban J connectivity index is 2.23. The Bertz CT molecular complexity index is 361. The largest absolute Gasteiger partial charge is 0.508 e. The fourth-order valence-electron chi connectivity index (χ4n) is 1.55. The lowest BCUT2D eigenvalue weighted by atomic mass is 10.2. The van der Waals surface area contributed by atoms with Crippen molar-refractivity contribution in [1.29, 1.82) is 0 Å². The van der Waals surface area contributed by atoms with E-state index in [2.05, 4.69) is 17.3 Å². The minimum absolute atomic E-state index is 0.277. The molecule has 0 spiro atoms. The normalized spacial score (nSPS) is 11.1. The van der Waals surface area contributed by atoms with E-state index in [1.807, 2.05) is 0 Å². The summed E-state index contributed by atoms with van der Waals surface area (Å²) in [6.07, 6.45) is 0. The average molecular weight is 273 g/mol. The lowest BCUT2D eigenvalue weighted by molar-refractivity contribution is 0.161. The van der Waals surface area contributed by atoms with Crippen molar-refractivity contribution >= 4 is 11.6 Å². The molecule has 0 aliphatic rings. The molecular formula is C13H21ClN2O2. The van der Waals surface area contributed by atoms with Crippen LogP contribution in [-0.4, -0.2) is 50.4 Å². The molecule has 0 atom stereocenters. The van der Waals surface area contributed by atoms with E-state index in [9.17, 15) is 5.11 Å². The molecule has 0 saturated carbocycles. The molecule has 2 N–H and O–H groups in total. The van der Waals surface area contributed by atoms with E-state index in [1.165, 1.54) is 0 Å². The van der Waals surface area contributed by atoms with Gasteiger partial charge in [0.15, 0.2) is 0 Å². The Hall–Kier alpha value is -0.810. The van der Waals surface area contributed by atoms with Gasteiger partial charge in [-0.15, -0.1) is 0 Å². The van der Waals surface area contributed by atoms with Crippen molar-refractivity contribution in [1.82, 2.24) is 10.2 Å². The van der Waals surface area contributed by atoms with Crippen LogP contribution in [0.3, 0.4) is 0 Å². The van der Waals surface area contributed by atoms with Gasteiger partial charge >= 0.3 is 0 Å². The van der Waals surface area contributed by atoms with Crippen LogP contribution in [0.2, 0.25) is 5.02 Å². The summed E-state index contributed by atoms with van der Waals surface area (Å²) in [6.45, 7) is 4.06.